The van der Waals surface area contributed by atoms with Crippen molar-refractivity contribution in [1.29, 1.82) is 0 Å². The highest BCUT2D eigenvalue weighted by molar-refractivity contribution is 6.06. The second-order valence-corrected chi connectivity index (χ2v) is 8.12. The molecule has 4 rings (SSSR count). The lowest BCUT2D eigenvalue weighted by Gasteiger charge is -2.18. The Kier molecular flexibility index (Phi) is 6.49. The van der Waals surface area contributed by atoms with E-state index in [-0.39, 0.29) is 43.0 Å². The molecule has 1 fully saturated rings. The molecule has 3 amide bonds. The molecule has 0 aliphatic carbocycles. The molecule has 0 bridgehead atoms. The van der Waals surface area contributed by atoms with Gasteiger partial charge in [0, 0.05) is 36.4 Å². The Morgan fingerprint density at radius 3 is 2.55 bits per heavy atom. The van der Waals surface area contributed by atoms with Gasteiger partial charge in [0.15, 0.2) is 0 Å². The number of nitrogens with one attached hydrogen (secondary N) is 2. The highest BCUT2D eigenvalue weighted by Crippen LogP contribution is 2.26. The zero-order valence-corrected chi connectivity index (χ0v) is 18.2. The van der Waals surface area contributed by atoms with E-state index in [4.69, 9.17) is 0 Å². The molecule has 0 unspecified atom stereocenters. The molecule has 0 spiro atoms. The summed E-state index contributed by atoms with van der Waals surface area (Å²) in [6.45, 7) is 2.44. The molecular formula is C26H24FN3O3. The summed E-state index contributed by atoms with van der Waals surface area (Å²) < 4.78 is 13.0. The van der Waals surface area contributed by atoms with Crippen molar-refractivity contribution in [3.8, 4) is 0 Å². The van der Waals surface area contributed by atoms with Gasteiger partial charge in [-0.15, -0.1) is 0 Å². The summed E-state index contributed by atoms with van der Waals surface area (Å²) in [5.41, 5.74) is 3.50. The summed E-state index contributed by atoms with van der Waals surface area (Å²) in [7, 11) is 0. The van der Waals surface area contributed by atoms with Gasteiger partial charge < -0.3 is 15.5 Å². The molecule has 1 atom stereocenters. The molecule has 6 nitrogen and oxygen atoms in total. The molecular weight excluding hydrogens is 421 g/mol. The Morgan fingerprint density at radius 2 is 1.79 bits per heavy atom. The third-order valence-corrected chi connectivity index (χ3v) is 5.57. The van der Waals surface area contributed by atoms with Crippen LogP contribution in [0.3, 0.4) is 0 Å². The van der Waals surface area contributed by atoms with Crippen molar-refractivity contribution in [3.05, 3.63) is 95.3 Å². The van der Waals surface area contributed by atoms with Gasteiger partial charge in [-0.25, -0.2) is 4.39 Å². The number of hydrogen-bond acceptors (Lipinski definition) is 3. The van der Waals surface area contributed by atoms with Gasteiger partial charge in [-0.3, -0.25) is 14.4 Å². The fraction of sp³-hybridized carbons (Fsp3) is 0.192. The van der Waals surface area contributed by atoms with Crippen molar-refractivity contribution in [2.24, 2.45) is 5.92 Å². The number of carbonyl (C=O) groups is 3. The molecule has 1 aliphatic rings. The molecule has 0 saturated carbocycles. The standard InChI is InChI=1S/C26H24FN3O3/c1-17-4-2-6-22(12-17)29-26(33)19-5-3-7-23(13-19)30-16-20(14-24(30)31)25(32)28-15-18-8-10-21(27)11-9-18/h2-13,20H,14-16H2,1H3,(H,28,32)(H,29,33)/t20-/m1/s1. The van der Waals surface area contributed by atoms with Crippen molar-refractivity contribution in [2.75, 3.05) is 16.8 Å². The van der Waals surface area contributed by atoms with Crippen LogP contribution < -0.4 is 15.5 Å². The van der Waals surface area contributed by atoms with Crippen LogP contribution in [-0.2, 0) is 16.1 Å². The smallest absolute Gasteiger partial charge is 0.255 e. The number of nitrogens with zero attached hydrogens (tertiary/aromatic N) is 1. The largest absolute Gasteiger partial charge is 0.352 e. The summed E-state index contributed by atoms with van der Waals surface area (Å²) in [6.07, 6.45) is 0.0922. The average molecular weight is 445 g/mol. The summed E-state index contributed by atoms with van der Waals surface area (Å²) in [6, 6.07) is 20.2. The third-order valence-electron chi connectivity index (χ3n) is 5.57. The summed E-state index contributed by atoms with van der Waals surface area (Å²) in [5, 5.41) is 5.67. The van der Waals surface area contributed by atoms with E-state index in [0.717, 1.165) is 11.1 Å². The van der Waals surface area contributed by atoms with E-state index in [2.05, 4.69) is 10.6 Å². The lowest BCUT2D eigenvalue weighted by Crippen LogP contribution is -2.32. The molecule has 33 heavy (non-hydrogen) atoms. The number of hydrogen-bond donors (Lipinski definition) is 2. The molecule has 1 saturated heterocycles. The first-order chi connectivity index (χ1) is 15.9. The fourth-order valence-electron chi connectivity index (χ4n) is 3.81. The average Bonchev–Trinajstić information content (AvgIpc) is 3.20. The maximum Gasteiger partial charge on any atom is 0.255 e. The molecule has 1 heterocycles. The van der Waals surface area contributed by atoms with E-state index in [1.54, 1.807) is 36.4 Å². The minimum atomic E-state index is -0.497. The quantitative estimate of drug-likeness (QED) is 0.601. The molecule has 3 aromatic rings. The Hall–Kier alpha value is -4.00. The van der Waals surface area contributed by atoms with Gasteiger partial charge in [0.05, 0.1) is 5.92 Å². The SMILES string of the molecule is Cc1cccc(NC(=O)c2cccc(N3C[C@H](C(=O)NCc4ccc(F)cc4)CC3=O)c2)c1. The van der Waals surface area contributed by atoms with Crippen LogP contribution >= 0.6 is 0 Å². The van der Waals surface area contributed by atoms with Crippen LogP contribution in [0.2, 0.25) is 0 Å². The summed E-state index contributed by atoms with van der Waals surface area (Å²) >= 11 is 0. The number of rotatable bonds is 6. The molecule has 168 valence electrons. The van der Waals surface area contributed by atoms with Gasteiger partial charge in [0.2, 0.25) is 11.8 Å². The predicted octanol–water partition coefficient (Wildman–Crippen LogP) is 4.06. The summed E-state index contributed by atoms with van der Waals surface area (Å²) in [4.78, 5) is 39.4. The maximum absolute atomic E-state index is 13.0. The second-order valence-electron chi connectivity index (χ2n) is 8.12. The van der Waals surface area contributed by atoms with Crippen LogP contribution in [0, 0.1) is 18.7 Å². The van der Waals surface area contributed by atoms with Gasteiger partial charge >= 0.3 is 0 Å². The Balaban J connectivity index is 1.39. The highest BCUT2D eigenvalue weighted by atomic mass is 19.1. The number of carbonyl (C=O) groups excluding carboxylic acids is 3. The molecule has 7 heteroatoms. The topological polar surface area (TPSA) is 78.5 Å². The third kappa shape index (κ3) is 5.44. The number of benzene rings is 3. The fourth-order valence-corrected chi connectivity index (χ4v) is 3.81. The van der Waals surface area contributed by atoms with Crippen LogP contribution in [-0.4, -0.2) is 24.3 Å². The lowest BCUT2D eigenvalue weighted by molar-refractivity contribution is -0.126. The van der Waals surface area contributed by atoms with Crippen LogP contribution in [0.5, 0.6) is 0 Å². The van der Waals surface area contributed by atoms with Crippen molar-refractivity contribution < 1.29 is 18.8 Å². The lowest BCUT2D eigenvalue weighted by atomic mass is 10.1. The minimum Gasteiger partial charge on any atom is -0.352 e. The monoisotopic (exact) mass is 445 g/mol. The van der Waals surface area contributed by atoms with E-state index in [9.17, 15) is 18.8 Å². The second kappa shape index (κ2) is 9.65. The Morgan fingerprint density at radius 1 is 1.03 bits per heavy atom. The molecule has 2 N–H and O–H groups in total. The number of halogens is 1. The van der Waals surface area contributed by atoms with Crippen molar-refractivity contribution in [2.45, 2.75) is 19.9 Å². The Labute approximate surface area is 191 Å². The van der Waals surface area contributed by atoms with E-state index < -0.39 is 5.92 Å². The first-order valence-electron chi connectivity index (χ1n) is 10.7. The van der Waals surface area contributed by atoms with Crippen LogP contribution in [0.4, 0.5) is 15.8 Å². The van der Waals surface area contributed by atoms with E-state index >= 15 is 0 Å². The zero-order valence-electron chi connectivity index (χ0n) is 18.2. The van der Waals surface area contributed by atoms with Crippen LogP contribution in [0.25, 0.3) is 0 Å². The van der Waals surface area contributed by atoms with Crippen molar-refractivity contribution in [3.63, 3.8) is 0 Å². The first kappa shape index (κ1) is 22.2. The van der Waals surface area contributed by atoms with Gasteiger partial charge in [-0.1, -0.05) is 30.3 Å². The summed E-state index contributed by atoms with van der Waals surface area (Å²) in [5.74, 6) is -1.51. The van der Waals surface area contributed by atoms with Gasteiger partial charge in [-0.2, -0.15) is 0 Å². The van der Waals surface area contributed by atoms with Crippen LogP contribution in [0.1, 0.15) is 27.9 Å². The highest BCUT2D eigenvalue weighted by Gasteiger charge is 2.35. The van der Waals surface area contributed by atoms with Gasteiger partial charge in [0.25, 0.3) is 5.91 Å². The van der Waals surface area contributed by atoms with Crippen molar-refractivity contribution >= 4 is 29.1 Å². The normalized spacial score (nSPS) is 15.4. The van der Waals surface area contributed by atoms with Crippen molar-refractivity contribution in [1.82, 2.24) is 5.32 Å². The number of aryl methyl sites for hydroxylation is 1. The van der Waals surface area contributed by atoms with Gasteiger partial charge in [-0.05, 0) is 60.5 Å². The maximum atomic E-state index is 13.0. The Bertz CT molecular complexity index is 1190. The molecule has 0 radical (unpaired) electrons. The van der Waals surface area contributed by atoms with E-state index in [1.807, 2.05) is 31.2 Å². The van der Waals surface area contributed by atoms with E-state index in [0.29, 0.717) is 16.9 Å². The molecule has 3 aromatic carbocycles. The molecule has 1 aliphatic heterocycles. The predicted molar refractivity (Wildman–Crippen MR) is 124 cm³/mol. The molecule has 0 aromatic heterocycles. The van der Waals surface area contributed by atoms with Crippen LogP contribution in [0.15, 0.2) is 72.8 Å². The number of amides is 3. The first-order valence-corrected chi connectivity index (χ1v) is 10.7. The number of anilines is 2. The zero-order chi connectivity index (χ0) is 23.4. The van der Waals surface area contributed by atoms with Gasteiger partial charge in [0.1, 0.15) is 5.82 Å². The van der Waals surface area contributed by atoms with E-state index in [1.165, 1.54) is 17.0 Å². The minimum absolute atomic E-state index is 0.0922.